The van der Waals surface area contributed by atoms with Crippen molar-refractivity contribution in [1.82, 2.24) is 25.3 Å². The van der Waals surface area contributed by atoms with Crippen LogP contribution in [-0.4, -0.2) is 47.3 Å². The molecule has 2 N–H and O–H groups in total. The van der Waals surface area contributed by atoms with Crippen LogP contribution >= 0.6 is 24.0 Å². The standard InChI is InChI=1S/C20H32N6.HI/c1-4-25(5-2)17-19-10-6-9-18(15-19)16-23-20(21-3)22-11-7-13-26-14-8-12-24-26;/h6,8-10,12,14-15H,4-5,7,11,13,16-17H2,1-3H3,(H2,21,22,23);1H. The van der Waals surface area contributed by atoms with Gasteiger partial charge in [0.05, 0.1) is 0 Å². The molecule has 2 aromatic rings. The Labute approximate surface area is 180 Å². The van der Waals surface area contributed by atoms with Crippen molar-refractivity contribution >= 4 is 29.9 Å². The van der Waals surface area contributed by atoms with E-state index in [1.54, 1.807) is 7.05 Å². The van der Waals surface area contributed by atoms with Gasteiger partial charge in [0.25, 0.3) is 0 Å². The molecule has 0 aliphatic heterocycles. The Kier molecular flexibility index (Phi) is 11.8. The van der Waals surface area contributed by atoms with Gasteiger partial charge in [0, 0.05) is 45.6 Å². The second kappa shape index (κ2) is 13.5. The molecule has 0 saturated carbocycles. The summed E-state index contributed by atoms with van der Waals surface area (Å²) in [4.78, 5) is 6.72. The van der Waals surface area contributed by atoms with Crippen molar-refractivity contribution in [2.45, 2.75) is 39.9 Å². The number of aliphatic imine (C=N–C) groups is 1. The van der Waals surface area contributed by atoms with Crippen LogP contribution in [0.15, 0.2) is 47.7 Å². The van der Waals surface area contributed by atoms with E-state index in [0.717, 1.165) is 51.6 Å². The molecule has 0 radical (unpaired) electrons. The predicted octanol–water partition coefficient (Wildman–Crippen LogP) is 3.10. The summed E-state index contributed by atoms with van der Waals surface area (Å²) in [5.74, 6) is 0.833. The van der Waals surface area contributed by atoms with Gasteiger partial charge in [0.2, 0.25) is 0 Å². The van der Waals surface area contributed by atoms with Crippen LogP contribution in [-0.2, 0) is 19.6 Å². The topological polar surface area (TPSA) is 57.5 Å². The second-order valence-electron chi connectivity index (χ2n) is 6.26. The fourth-order valence-corrected chi connectivity index (χ4v) is 2.83. The van der Waals surface area contributed by atoms with E-state index in [0.29, 0.717) is 0 Å². The molecule has 1 heterocycles. The number of aryl methyl sites for hydroxylation is 1. The lowest BCUT2D eigenvalue weighted by Crippen LogP contribution is -2.37. The molecule has 0 spiro atoms. The first-order valence-electron chi connectivity index (χ1n) is 9.47. The third-order valence-corrected chi connectivity index (χ3v) is 4.39. The highest BCUT2D eigenvalue weighted by Crippen LogP contribution is 2.08. The molecule has 0 amide bonds. The molecule has 150 valence electrons. The molecule has 6 nitrogen and oxygen atoms in total. The van der Waals surface area contributed by atoms with E-state index in [1.165, 1.54) is 11.1 Å². The molecule has 2 rings (SSSR count). The van der Waals surface area contributed by atoms with Gasteiger partial charge in [-0.1, -0.05) is 38.1 Å². The molecule has 0 saturated heterocycles. The summed E-state index contributed by atoms with van der Waals surface area (Å²) >= 11 is 0. The van der Waals surface area contributed by atoms with E-state index in [9.17, 15) is 0 Å². The number of benzene rings is 1. The van der Waals surface area contributed by atoms with E-state index in [2.05, 4.69) is 63.7 Å². The molecule has 0 aliphatic rings. The fraction of sp³-hybridized carbons (Fsp3) is 0.500. The quantitative estimate of drug-likeness (QED) is 0.236. The summed E-state index contributed by atoms with van der Waals surface area (Å²) in [6, 6.07) is 10.7. The first kappa shape index (κ1) is 23.4. The largest absolute Gasteiger partial charge is 0.356 e. The van der Waals surface area contributed by atoms with Gasteiger partial charge in [-0.3, -0.25) is 14.6 Å². The minimum Gasteiger partial charge on any atom is -0.356 e. The Bertz CT molecular complexity index is 652. The van der Waals surface area contributed by atoms with Crippen molar-refractivity contribution in [3.05, 3.63) is 53.9 Å². The van der Waals surface area contributed by atoms with E-state index in [4.69, 9.17) is 0 Å². The average molecular weight is 484 g/mol. The highest BCUT2D eigenvalue weighted by atomic mass is 127. The Hall–Kier alpha value is -1.61. The van der Waals surface area contributed by atoms with Crippen molar-refractivity contribution < 1.29 is 0 Å². The normalized spacial score (nSPS) is 11.3. The van der Waals surface area contributed by atoms with Crippen molar-refractivity contribution in [2.75, 3.05) is 26.7 Å². The van der Waals surface area contributed by atoms with E-state index >= 15 is 0 Å². The van der Waals surface area contributed by atoms with Crippen molar-refractivity contribution in [3.63, 3.8) is 0 Å². The summed E-state index contributed by atoms with van der Waals surface area (Å²) in [6.07, 6.45) is 4.79. The smallest absolute Gasteiger partial charge is 0.191 e. The Balaban J connectivity index is 0.00000364. The summed E-state index contributed by atoms with van der Waals surface area (Å²) in [5, 5.41) is 11.0. The number of guanidine groups is 1. The van der Waals surface area contributed by atoms with Gasteiger partial charge >= 0.3 is 0 Å². The van der Waals surface area contributed by atoms with Gasteiger partial charge in [0.1, 0.15) is 0 Å². The molecule has 0 aliphatic carbocycles. The number of nitrogens with zero attached hydrogens (tertiary/aromatic N) is 4. The van der Waals surface area contributed by atoms with Crippen LogP contribution in [0.2, 0.25) is 0 Å². The van der Waals surface area contributed by atoms with Crippen LogP contribution < -0.4 is 10.6 Å². The second-order valence-corrected chi connectivity index (χ2v) is 6.26. The molecule has 7 heteroatoms. The molecular weight excluding hydrogens is 451 g/mol. The number of aromatic nitrogens is 2. The molecule has 0 atom stereocenters. The van der Waals surface area contributed by atoms with Crippen LogP contribution in [0.25, 0.3) is 0 Å². The first-order valence-corrected chi connectivity index (χ1v) is 9.47. The van der Waals surface area contributed by atoms with E-state index in [-0.39, 0.29) is 24.0 Å². The van der Waals surface area contributed by atoms with Crippen LogP contribution in [0.4, 0.5) is 0 Å². The number of nitrogens with one attached hydrogen (secondary N) is 2. The van der Waals surface area contributed by atoms with E-state index in [1.807, 2.05) is 23.1 Å². The molecule has 1 aromatic carbocycles. The molecule has 27 heavy (non-hydrogen) atoms. The lowest BCUT2D eigenvalue weighted by Gasteiger charge is -2.18. The lowest BCUT2D eigenvalue weighted by molar-refractivity contribution is 0.296. The number of hydrogen-bond donors (Lipinski definition) is 2. The summed E-state index contributed by atoms with van der Waals surface area (Å²) < 4.78 is 1.94. The van der Waals surface area contributed by atoms with Crippen molar-refractivity contribution in [2.24, 2.45) is 4.99 Å². The van der Waals surface area contributed by atoms with Gasteiger partial charge in [-0.2, -0.15) is 5.10 Å². The highest BCUT2D eigenvalue weighted by Gasteiger charge is 2.03. The third-order valence-electron chi connectivity index (χ3n) is 4.39. The highest BCUT2D eigenvalue weighted by molar-refractivity contribution is 14.0. The molecular formula is C20H33IN6. The zero-order valence-electron chi connectivity index (χ0n) is 16.7. The van der Waals surface area contributed by atoms with Gasteiger partial charge < -0.3 is 10.6 Å². The number of hydrogen-bond acceptors (Lipinski definition) is 3. The summed E-state index contributed by atoms with van der Waals surface area (Å²) in [5.41, 5.74) is 2.63. The SMILES string of the molecule is CCN(CC)Cc1cccc(CNC(=NC)NCCCn2cccn2)c1.I. The maximum Gasteiger partial charge on any atom is 0.191 e. The summed E-state index contributed by atoms with van der Waals surface area (Å²) in [7, 11) is 1.81. The zero-order valence-corrected chi connectivity index (χ0v) is 19.0. The number of rotatable bonds is 10. The summed E-state index contributed by atoms with van der Waals surface area (Å²) in [6.45, 7) is 10.1. The van der Waals surface area contributed by atoms with Crippen molar-refractivity contribution in [1.29, 1.82) is 0 Å². The zero-order chi connectivity index (χ0) is 18.6. The predicted molar refractivity (Wildman–Crippen MR) is 124 cm³/mol. The minimum absolute atomic E-state index is 0. The number of halogens is 1. The maximum absolute atomic E-state index is 4.30. The van der Waals surface area contributed by atoms with Gasteiger partial charge in [0.15, 0.2) is 5.96 Å². The Morgan fingerprint density at radius 2 is 1.93 bits per heavy atom. The molecule has 0 unspecified atom stereocenters. The fourth-order valence-electron chi connectivity index (χ4n) is 2.83. The van der Waals surface area contributed by atoms with Crippen LogP contribution in [0.3, 0.4) is 0 Å². The molecule has 0 bridgehead atoms. The molecule has 1 aromatic heterocycles. The average Bonchev–Trinajstić information content (AvgIpc) is 3.19. The first-order chi connectivity index (χ1) is 12.7. The van der Waals surface area contributed by atoms with Gasteiger partial charge in [-0.05, 0) is 36.7 Å². The third kappa shape index (κ3) is 8.75. The van der Waals surface area contributed by atoms with Gasteiger partial charge in [-0.15, -0.1) is 24.0 Å². The lowest BCUT2D eigenvalue weighted by atomic mass is 10.1. The van der Waals surface area contributed by atoms with Gasteiger partial charge in [-0.25, -0.2) is 0 Å². The Morgan fingerprint density at radius 1 is 1.15 bits per heavy atom. The maximum atomic E-state index is 4.30. The van der Waals surface area contributed by atoms with Crippen molar-refractivity contribution in [3.8, 4) is 0 Å². The monoisotopic (exact) mass is 484 g/mol. The van der Waals surface area contributed by atoms with Crippen LogP contribution in [0.1, 0.15) is 31.4 Å². The van der Waals surface area contributed by atoms with Crippen LogP contribution in [0, 0.1) is 0 Å². The minimum atomic E-state index is 0. The van der Waals surface area contributed by atoms with E-state index < -0.39 is 0 Å². The van der Waals surface area contributed by atoms with Crippen LogP contribution in [0.5, 0.6) is 0 Å². The molecule has 0 fully saturated rings. The Morgan fingerprint density at radius 3 is 2.59 bits per heavy atom.